The predicted molar refractivity (Wildman–Crippen MR) is 188 cm³/mol. The monoisotopic (exact) mass is 649 g/mol. The number of nitrogens with zero attached hydrogens (tertiary/aromatic N) is 4. The van der Waals surface area contributed by atoms with Crippen molar-refractivity contribution in [2.24, 2.45) is 5.92 Å². The quantitative estimate of drug-likeness (QED) is 0.228. The van der Waals surface area contributed by atoms with E-state index in [9.17, 15) is 14.4 Å². The van der Waals surface area contributed by atoms with Crippen molar-refractivity contribution in [3.05, 3.63) is 94.5 Å². The first kappa shape index (κ1) is 31.6. The van der Waals surface area contributed by atoms with Gasteiger partial charge in [0.05, 0.1) is 18.1 Å². The summed E-state index contributed by atoms with van der Waals surface area (Å²) in [4.78, 5) is 53.5. The zero-order chi connectivity index (χ0) is 33.4. The zero-order valence-electron chi connectivity index (χ0n) is 27.7. The summed E-state index contributed by atoms with van der Waals surface area (Å²) in [6, 6.07) is 20.5. The van der Waals surface area contributed by atoms with Crippen molar-refractivity contribution in [2.75, 3.05) is 52.3 Å². The number of aromatic amines is 2. The fraction of sp³-hybridized carbons (Fsp3) is 0.378. The molecular formula is C37H43N7O4. The highest BCUT2D eigenvalue weighted by atomic mass is 16.5. The first-order valence-corrected chi connectivity index (χ1v) is 16.7. The number of anilines is 1. The third-order valence-electron chi connectivity index (χ3n) is 9.85. The second-order valence-corrected chi connectivity index (χ2v) is 13.4. The zero-order valence-corrected chi connectivity index (χ0v) is 27.7. The number of H-pyrrole nitrogens is 2. The van der Waals surface area contributed by atoms with Crippen LogP contribution in [-0.4, -0.2) is 89.7 Å². The van der Waals surface area contributed by atoms with E-state index in [2.05, 4.69) is 20.2 Å². The number of hydrogen-bond acceptors (Lipinski definition) is 5. The number of imidazole rings is 1. The molecule has 11 nitrogen and oxygen atoms in total. The Kier molecular flexibility index (Phi) is 8.70. The minimum Gasteiger partial charge on any atom is -0.497 e. The molecule has 48 heavy (non-hydrogen) atoms. The lowest BCUT2D eigenvalue weighted by molar-refractivity contribution is -0.120. The summed E-state index contributed by atoms with van der Waals surface area (Å²) in [6.45, 7) is 2.34. The number of piperidine rings is 1. The summed E-state index contributed by atoms with van der Waals surface area (Å²) in [5, 5.41) is 4.19. The Morgan fingerprint density at radius 3 is 2.54 bits per heavy atom. The Morgan fingerprint density at radius 2 is 1.77 bits per heavy atom. The lowest BCUT2D eigenvalue weighted by atomic mass is 9.91. The summed E-state index contributed by atoms with van der Waals surface area (Å²) in [5.41, 5.74) is 5.44. The SMILES string of the molecule is COc1ccc2c(c1)C[C@@H](CN(C)C)CN2C(=O)C(Cc1c[nH]c2ccccc12)NC(=O)N1CCC(n2c(=O)[nH]c3ccccc32)CC1. The van der Waals surface area contributed by atoms with Crippen LogP contribution in [0.25, 0.3) is 21.9 Å². The van der Waals surface area contributed by atoms with Crippen molar-refractivity contribution in [3.8, 4) is 5.75 Å². The molecule has 2 atom stereocenters. The molecule has 2 aromatic heterocycles. The molecule has 5 aromatic rings. The number of carbonyl (C=O) groups excluding carboxylic acids is 2. The Bertz CT molecular complexity index is 2000. The van der Waals surface area contributed by atoms with E-state index in [1.54, 1.807) is 12.0 Å². The van der Waals surface area contributed by atoms with Crippen LogP contribution in [0.3, 0.4) is 0 Å². The fourth-order valence-corrected chi connectivity index (χ4v) is 7.61. The molecule has 4 heterocycles. The maximum atomic E-state index is 14.7. The fourth-order valence-electron chi connectivity index (χ4n) is 7.61. The van der Waals surface area contributed by atoms with E-state index in [0.717, 1.165) is 57.5 Å². The predicted octanol–water partition coefficient (Wildman–Crippen LogP) is 4.54. The van der Waals surface area contributed by atoms with Gasteiger partial charge in [0.25, 0.3) is 0 Å². The molecule has 2 aliphatic heterocycles. The lowest BCUT2D eigenvalue weighted by Gasteiger charge is -2.38. The third-order valence-corrected chi connectivity index (χ3v) is 9.85. The van der Waals surface area contributed by atoms with Crippen molar-refractivity contribution in [3.63, 3.8) is 0 Å². The van der Waals surface area contributed by atoms with Crippen LogP contribution in [0.1, 0.15) is 30.0 Å². The Balaban J connectivity index is 1.14. The number of likely N-dealkylation sites (tertiary alicyclic amines) is 1. The van der Waals surface area contributed by atoms with E-state index >= 15 is 0 Å². The molecule has 3 amide bonds. The largest absolute Gasteiger partial charge is 0.497 e. The Morgan fingerprint density at radius 1 is 1.02 bits per heavy atom. The Hall–Kier alpha value is -5.03. The van der Waals surface area contributed by atoms with Crippen LogP contribution in [0.4, 0.5) is 10.5 Å². The average molecular weight is 650 g/mol. The van der Waals surface area contributed by atoms with E-state index in [-0.39, 0.29) is 29.6 Å². The molecule has 0 aliphatic carbocycles. The number of amides is 3. The van der Waals surface area contributed by atoms with Gasteiger partial charge in [-0.1, -0.05) is 30.3 Å². The van der Waals surface area contributed by atoms with Gasteiger partial charge < -0.3 is 34.7 Å². The molecule has 0 radical (unpaired) electrons. The normalized spacial score (nSPS) is 17.5. The second-order valence-electron chi connectivity index (χ2n) is 13.4. The van der Waals surface area contributed by atoms with Crippen LogP contribution in [0, 0.1) is 5.92 Å². The minimum atomic E-state index is -0.793. The highest BCUT2D eigenvalue weighted by Crippen LogP contribution is 2.34. The van der Waals surface area contributed by atoms with Gasteiger partial charge >= 0.3 is 11.7 Å². The van der Waals surface area contributed by atoms with Crippen molar-refractivity contribution in [1.82, 2.24) is 29.7 Å². The van der Waals surface area contributed by atoms with Gasteiger partial charge in [0.15, 0.2) is 0 Å². The van der Waals surface area contributed by atoms with Crippen LogP contribution in [0.15, 0.2) is 77.7 Å². The van der Waals surface area contributed by atoms with Crippen molar-refractivity contribution >= 4 is 39.6 Å². The molecule has 1 unspecified atom stereocenters. The van der Waals surface area contributed by atoms with E-state index in [4.69, 9.17) is 4.74 Å². The molecule has 0 saturated carbocycles. The molecule has 3 N–H and O–H groups in total. The lowest BCUT2D eigenvalue weighted by Crippen LogP contribution is -2.56. The van der Waals surface area contributed by atoms with E-state index in [0.29, 0.717) is 38.9 Å². The molecular weight excluding hydrogens is 606 g/mol. The summed E-state index contributed by atoms with van der Waals surface area (Å²) in [5.74, 6) is 0.845. The van der Waals surface area contributed by atoms with Gasteiger partial charge in [0.2, 0.25) is 5.91 Å². The standard InChI is InChI=1S/C37H43N7O4/c1-41(2)22-24-18-25-19-28(48-3)12-13-33(25)43(23-24)35(45)32(20-26-21-38-30-9-5-4-8-29(26)30)40-36(46)42-16-14-27(15-17-42)44-34-11-7-6-10-31(34)39-37(44)47/h4-13,19,21,24,27,32,38H,14-18,20,22-23H2,1-3H3,(H,39,47)(H,40,46)/t24-,32?/m0/s1. The number of para-hydroxylation sites is 3. The number of aromatic nitrogens is 3. The molecule has 11 heteroatoms. The molecule has 7 rings (SSSR count). The third kappa shape index (κ3) is 6.17. The molecule has 2 aliphatic rings. The van der Waals surface area contributed by atoms with E-state index < -0.39 is 6.04 Å². The van der Waals surface area contributed by atoms with Crippen LogP contribution < -0.4 is 20.6 Å². The number of rotatable bonds is 8. The molecule has 0 spiro atoms. The van der Waals surface area contributed by atoms with Crippen LogP contribution in [0.2, 0.25) is 0 Å². The van der Waals surface area contributed by atoms with Gasteiger partial charge in [-0.2, -0.15) is 0 Å². The summed E-state index contributed by atoms with van der Waals surface area (Å²) >= 11 is 0. The van der Waals surface area contributed by atoms with Gasteiger partial charge in [-0.05, 0) is 86.8 Å². The molecule has 250 valence electrons. The molecule has 1 saturated heterocycles. The number of methoxy groups -OCH3 is 1. The van der Waals surface area contributed by atoms with Gasteiger partial charge in [-0.25, -0.2) is 9.59 Å². The number of nitrogens with one attached hydrogen (secondary N) is 3. The van der Waals surface area contributed by atoms with E-state index in [1.807, 2.05) is 96.5 Å². The van der Waals surface area contributed by atoms with Crippen LogP contribution in [0.5, 0.6) is 5.75 Å². The highest BCUT2D eigenvalue weighted by molar-refractivity contribution is 6.00. The van der Waals surface area contributed by atoms with Crippen molar-refractivity contribution in [2.45, 2.75) is 37.8 Å². The minimum absolute atomic E-state index is 0.0168. The van der Waals surface area contributed by atoms with Crippen LogP contribution >= 0.6 is 0 Å². The summed E-state index contributed by atoms with van der Waals surface area (Å²) < 4.78 is 7.35. The molecule has 0 bridgehead atoms. The number of fused-ring (bicyclic) bond motifs is 3. The van der Waals surface area contributed by atoms with Gasteiger partial charge in [0, 0.05) is 61.4 Å². The summed E-state index contributed by atoms with van der Waals surface area (Å²) in [6.07, 6.45) is 4.40. The van der Waals surface area contributed by atoms with Crippen molar-refractivity contribution in [1.29, 1.82) is 0 Å². The number of carbonyl (C=O) groups is 2. The Labute approximate surface area is 279 Å². The smallest absolute Gasteiger partial charge is 0.326 e. The maximum absolute atomic E-state index is 14.7. The highest BCUT2D eigenvalue weighted by Gasteiger charge is 2.35. The topological polar surface area (TPSA) is 119 Å². The van der Waals surface area contributed by atoms with Gasteiger partial charge in [-0.3, -0.25) is 9.36 Å². The first-order chi connectivity index (χ1) is 23.3. The number of ether oxygens (including phenoxy) is 1. The second kappa shape index (κ2) is 13.2. The van der Waals surface area contributed by atoms with Gasteiger partial charge in [0.1, 0.15) is 11.8 Å². The van der Waals surface area contributed by atoms with Crippen molar-refractivity contribution < 1.29 is 14.3 Å². The van der Waals surface area contributed by atoms with Gasteiger partial charge in [-0.15, -0.1) is 0 Å². The number of benzene rings is 3. The number of hydrogen-bond donors (Lipinski definition) is 3. The average Bonchev–Trinajstić information content (AvgIpc) is 3.66. The summed E-state index contributed by atoms with van der Waals surface area (Å²) in [7, 11) is 5.75. The van der Waals surface area contributed by atoms with Crippen LogP contribution in [-0.2, 0) is 17.6 Å². The molecule has 3 aromatic carbocycles. The molecule has 1 fully saturated rings. The maximum Gasteiger partial charge on any atom is 0.326 e. The first-order valence-electron chi connectivity index (χ1n) is 16.7. The van der Waals surface area contributed by atoms with E-state index in [1.165, 1.54) is 0 Å². The number of urea groups is 1.